The molecule has 2 atom stereocenters. The van der Waals surface area contributed by atoms with E-state index < -0.39 is 14.8 Å². The lowest BCUT2D eigenvalue weighted by Crippen LogP contribution is -2.39. The molecule has 2 aliphatic heterocycles. The van der Waals surface area contributed by atoms with Gasteiger partial charge >= 0.3 is 0 Å². The van der Waals surface area contributed by atoms with E-state index in [0.717, 1.165) is 16.4 Å². The van der Waals surface area contributed by atoms with Crippen LogP contribution < -0.4 is 4.90 Å². The molecule has 0 aromatic heterocycles. The predicted octanol–water partition coefficient (Wildman–Crippen LogP) is 3.52. The van der Waals surface area contributed by atoms with Crippen molar-refractivity contribution in [2.75, 3.05) is 16.4 Å². The van der Waals surface area contributed by atoms with Crippen molar-refractivity contribution in [3.05, 3.63) is 69.2 Å². The van der Waals surface area contributed by atoms with Crippen molar-refractivity contribution in [3.63, 3.8) is 0 Å². The Bertz CT molecular complexity index is 1060. The lowest BCUT2D eigenvalue weighted by molar-refractivity contribution is -0.384. The van der Waals surface area contributed by atoms with Crippen LogP contribution in [0.25, 0.3) is 0 Å². The number of rotatable bonds is 4. The van der Waals surface area contributed by atoms with Gasteiger partial charge in [0.15, 0.2) is 15.0 Å². The van der Waals surface area contributed by atoms with Gasteiger partial charge in [0, 0.05) is 28.6 Å². The minimum absolute atomic E-state index is 0.0484. The van der Waals surface area contributed by atoms with Gasteiger partial charge in [-0.1, -0.05) is 41.6 Å². The summed E-state index contributed by atoms with van der Waals surface area (Å²) < 4.78 is 24.2. The highest BCUT2D eigenvalue weighted by Gasteiger charge is 2.47. The fourth-order valence-electron chi connectivity index (χ4n) is 3.42. The molecule has 4 rings (SSSR count). The maximum atomic E-state index is 12.1. The SMILES string of the molecule is O=[N+]([O-])c1ccc(CSC2=N[C@@H]3CS(=O)(=O)C[C@@H]3N2c2cccc(Cl)c2)cc1. The number of anilines is 1. The van der Waals surface area contributed by atoms with E-state index in [1.54, 1.807) is 24.3 Å². The fourth-order valence-corrected chi connectivity index (χ4v) is 6.53. The van der Waals surface area contributed by atoms with Crippen molar-refractivity contribution in [1.82, 2.24) is 0 Å². The molecular formula is C18H16ClN3O4S2. The van der Waals surface area contributed by atoms with Gasteiger partial charge in [-0.15, -0.1) is 0 Å². The average Bonchev–Trinajstić information content (AvgIpc) is 3.11. The molecule has 0 amide bonds. The first-order valence-corrected chi connectivity index (χ1v) is 11.7. The Morgan fingerprint density at radius 3 is 2.64 bits per heavy atom. The van der Waals surface area contributed by atoms with Crippen LogP contribution >= 0.6 is 23.4 Å². The molecule has 2 aliphatic rings. The Morgan fingerprint density at radius 1 is 1.21 bits per heavy atom. The number of nitrogens with zero attached hydrogens (tertiary/aromatic N) is 3. The highest BCUT2D eigenvalue weighted by Crippen LogP contribution is 2.36. The van der Waals surface area contributed by atoms with Crippen LogP contribution in [0.4, 0.5) is 11.4 Å². The summed E-state index contributed by atoms with van der Waals surface area (Å²) in [4.78, 5) is 17.0. The molecule has 146 valence electrons. The molecule has 0 radical (unpaired) electrons. The van der Waals surface area contributed by atoms with Crippen LogP contribution in [0.1, 0.15) is 5.56 Å². The van der Waals surface area contributed by atoms with Crippen LogP contribution in [0.5, 0.6) is 0 Å². The smallest absolute Gasteiger partial charge is 0.269 e. The van der Waals surface area contributed by atoms with Crippen LogP contribution in [-0.2, 0) is 15.6 Å². The molecule has 1 fully saturated rings. The normalized spacial score (nSPS) is 22.8. The number of fused-ring (bicyclic) bond motifs is 1. The van der Waals surface area contributed by atoms with E-state index in [-0.39, 0.29) is 29.3 Å². The largest absolute Gasteiger partial charge is 0.315 e. The molecule has 0 aliphatic carbocycles. The van der Waals surface area contributed by atoms with Crippen LogP contribution in [0.15, 0.2) is 53.5 Å². The fraction of sp³-hybridized carbons (Fsp3) is 0.278. The number of hydrogen-bond acceptors (Lipinski definition) is 7. The standard InChI is InChI=1S/C18H16ClN3O4S2/c19-13-2-1-3-15(8-13)21-17-11-28(25,26)10-16(17)20-18(21)27-9-12-4-6-14(7-5-12)22(23)24/h1-8,16-17H,9-11H2/t16-,17+/m1/s1. The summed E-state index contributed by atoms with van der Waals surface area (Å²) in [6.07, 6.45) is 0. The van der Waals surface area contributed by atoms with Gasteiger partial charge in [0.05, 0.1) is 28.5 Å². The Morgan fingerprint density at radius 2 is 1.96 bits per heavy atom. The second-order valence-corrected chi connectivity index (χ2v) is 10.2. The van der Waals surface area contributed by atoms with E-state index in [1.165, 1.54) is 23.9 Å². The number of halogens is 1. The Kier molecular flexibility index (Phi) is 5.07. The van der Waals surface area contributed by atoms with Crippen molar-refractivity contribution in [3.8, 4) is 0 Å². The summed E-state index contributed by atoms with van der Waals surface area (Å²) in [5.74, 6) is 0.686. The highest BCUT2D eigenvalue weighted by molar-refractivity contribution is 8.13. The maximum Gasteiger partial charge on any atom is 0.269 e. The third-order valence-corrected chi connectivity index (χ3v) is 7.68. The highest BCUT2D eigenvalue weighted by atomic mass is 35.5. The van der Waals surface area contributed by atoms with E-state index in [4.69, 9.17) is 11.6 Å². The van der Waals surface area contributed by atoms with Crippen molar-refractivity contribution >= 4 is 49.7 Å². The molecule has 7 nitrogen and oxygen atoms in total. The number of benzene rings is 2. The number of amidine groups is 1. The number of hydrogen-bond donors (Lipinski definition) is 0. The maximum absolute atomic E-state index is 12.1. The van der Waals surface area contributed by atoms with Gasteiger partial charge in [0.2, 0.25) is 0 Å². The first-order valence-electron chi connectivity index (χ1n) is 8.51. The molecule has 0 unspecified atom stereocenters. The molecule has 28 heavy (non-hydrogen) atoms. The van der Waals surface area contributed by atoms with E-state index in [9.17, 15) is 18.5 Å². The topological polar surface area (TPSA) is 92.9 Å². The number of nitro groups is 1. The summed E-state index contributed by atoms with van der Waals surface area (Å²) >= 11 is 7.62. The lowest BCUT2D eigenvalue weighted by atomic mass is 10.1. The number of aliphatic imine (C=N–C) groups is 1. The minimum Gasteiger partial charge on any atom is -0.315 e. The molecule has 0 bridgehead atoms. The zero-order chi connectivity index (χ0) is 19.9. The van der Waals surface area contributed by atoms with E-state index in [1.807, 2.05) is 17.0 Å². The third-order valence-electron chi connectivity index (χ3n) is 4.71. The van der Waals surface area contributed by atoms with Crippen LogP contribution in [-0.4, -0.2) is 42.1 Å². The van der Waals surface area contributed by atoms with Gasteiger partial charge in [0.1, 0.15) is 0 Å². The lowest BCUT2D eigenvalue weighted by Gasteiger charge is -2.26. The third kappa shape index (κ3) is 3.87. The molecule has 0 N–H and O–H groups in total. The van der Waals surface area contributed by atoms with Gasteiger partial charge in [-0.05, 0) is 23.8 Å². The molecular weight excluding hydrogens is 422 g/mol. The zero-order valence-corrected chi connectivity index (χ0v) is 17.0. The quantitative estimate of drug-likeness (QED) is 0.536. The second-order valence-electron chi connectivity index (χ2n) is 6.69. The van der Waals surface area contributed by atoms with Crippen molar-refractivity contribution in [2.45, 2.75) is 17.8 Å². The summed E-state index contributed by atoms with van der Waals surface area (Å²) in [6, 6.07) is 13.2. The molecule has 0 saturated carbocycles. The number of thioether (sulfide) groups is 1. The first-order chi connectivity index (χ1) is 13.3. The summed E-state index contributed by atoms with van der Waals surface area (Å²) in [6.45, 7) is 0. The number of nitro benzene ring substituents is 1. The predicted molar refractivity (Wildman–Crippen MR) is 112 cm³/mol. The summed E-state index contributed by atoms with van der Waals surface area (Å²) in [5.41, 5.74) is 1.79. The van der Waals surface area contributed by atoms with Crippen molar-refractivity contribution in [2.24, 2.45) is 4.99 Å². The van der Waals surface area contributed by atoms with Crippen LogP contribution in [0.2, 0.25) is 5.02 Å². The van der Waals surface area contributed by atoms with Gasteiger partial charge < -0.3 is 4.90 Å². The summed E-state index contributed by atoms with van der Waals surface area (Å²) in [5, 5.41) is 12.1. The van der Waals surface area contributed by atoms with Crippen LogP contribution in [0, 0.1) is 10.1 Å². The number of non-ortho nitro benzene ring substituents is 1. The first kappa shape index (κ1) is 19.2. The zero-order valence-electron chi connectivity index (χ0n) is 14.6. The monoisotopic (exact) mass is 437 g/mol. The molecule has 10 heteroatoms. The van der Waals surface area contributed by atoms with Gasteiger partial charge in [-0.2, -0.15) is 0 Å². The molecule has 2 aromatic rings. The van der Waals surface area contributed by atoms with Gasteiger partial charge in [0.25, 0.3) is 5.69 Å². The number of sulfone groups is 1. The molecule has 1 saturated heterocycles. The van der Waals surface area contributed by atoms with E-state index in [0.29, 0.717) is 10.8 Å². The Balaban J connectivity index is 1.58. The average molecular weight is 438 g/mol. The molecule has 0 spiro atoms. The van der Waals surface area contributed by atoms with E-state index in [2.05, 4.69) is 4.99 Å². The second kappa shape index (κ2) is 7.38. The van der Waals surface area contributed by atoms with Crippen molar-refractivity contribution < 1.29 is 13.3 Å². The Labute approximate surface area is 171 Å². The molecule has 2 heterocycles. The van der Waals surface area contributed by atoms with Gasteiger partial charge in [-0.3, -0.25) is 15.1 Å². The van der Waals surface area contributed by atoms with Crippen LogP contribution in [0.3, 0.4) is 0 Å². The van der Waals surface area contributed by atoms with E-state index >= 15 is 0 Å². The minimum atomic E-state index is -3.11. The molecule has 2 aromatic carbocycles. The summed E-state index contributed by atoms with van der Waals surface area (Å²) in [7, 11) is -3.11. The van der Waals surface area contributed by atoms with Crippen molar-refractivity contribution in [1.29, 1.82) is 0 Å². The van der Waals surface area contributed by atoms with Gasteiger partial charge in [-0.25, -0.2) is 8.42 Å². The Hall–Kier alpha value is -2.10.